The molecule has 0 spiro atoms. The number of likely N-dealkylation sites (tertiary alicyclic amines) is 1. The maximum Gasteiger partial charge on any atom is 0.137 e. The molecule has 7 nitrogen and oxygen atoms in total. The average molecular weight is 432 g/mol. The van der Waals surface area contributed by atoms with Crippen molar-refractivity contribution in [3.8, 4) is 0 Å². The highest BCUT2D eigenvalue weighted by atomic mass is 15.2. The Morgan fingerprint density at radius 2 is 1.22 bits per heavy atom. The van der Waals surface area contributed by atoms with Crippen LogP contribution in [0.2, 0.25) is 0 Å². The van der Waals surface area contributed by atoms with Crippen molar-refractivity contribution in [2.45, 2.75) is 25.9 Å². The van der Waals surface area contributed by atoms with Crippen molar-refractivity contribution in [3.05, 3.63) is 60.2 Å². The maximum absolute atomic E-state index is 4.43. The largest absolute Gasteiger partial charge is 0.346 e. The molecule has 6 heterocycles. The molecule has 2 aliphatic heterocycles. The van der Waals surface area contributed by atoms with Crippen molar-refractivity contribution in [1.82, 2.24) is 34.6 Å². The van der Waals surface area contributed by atoms with Gasteiger partial charge in [-0.25, -0.2) is 9.97 Å². The van der Waals surface area contributed by atoms with Crippen molar-refractivity contribution < 1.29 is 0 Å². The number of rotatable bonds is 4. The number of hydrogen-bond acceptors (Lipinski definition) is 5. The summed E-state index contributed by atoms with van der Waals surface area (Å²) >= 11 is 0. The molecular weight excluding hydrogens is 398 g/mol. The predicted molar refractivity (Wildman–Crippen MR) is 129 cm³/mol. The molecule has 0 unspecified atom stereocenters. The Hall–Kier alpha value is -2.74. The summed E-state index contributed by atoms with van der Waals surface area (Å²) in [7, 11) is 2.19. The lowest BCUT2D eigenvalue weighted by atomic mass is 10.2. The zero-order valence-corrected chi connectivity index (χ0v) is 18.9. The predicted octanol–water partition coefficient (Wildman–Crippen LogP) is 3.47. The Morgan fingerprint density at radius 3 is 1.75 bits per heavy atom. The molecule has 4 aromatic heterocycles. The Kier molecular flexibility index (Phi) is 6.48. The van der Waals surface area contributed by atoms with Gasteiger partial charge in [0.1, 0.15) is 11.3 Å². The number of piperazine rings is 1. The van der Waals surface area contributed by atoms with E-state index in [9.17, 15) is 0 Å². The minimum atomic E-state index is 0.979. The summed E-state index contributed by atoms with van der Waals surface area (Å²) in [6.07, 6.45) is 10.5. The molecule has 0 amide bonds. The topological polar surface area (TPSA) is 67.1 Å². The first-order chi connectivity index (χ1) is 15.7. The van der Waals surface area contributed by atoms with Crippen LogP contribution in [0.3, 0.4) is 0 Å². The molecule has 2 aliphatic rings. The second-order valence-electron chi connectivity index (χ2n) is 9.08. The van der Waals surface area contributed by atoms with Crippen molar-refractivity contribution in [1.29, 1.82) is 0 Å². The Morgan fingerprint density at radius 1 is 0.719 bits per heavy atom. The van der Waals surface area contributed by atoms with Gasteiger partial charge >= 0.3 is 0 Å². The van der Waals surface area contributed by atoms with E-state index >= 15 is 0 Å². The van der Waals surface area contributed by atoms with Crippen LogP contribution in [0.25, 0.3) is 22.1 Å². The van der Waals surface area contributed by atoms with Gasteiger partial charge in [-0.3, -0.25) is 9.80 Å². The standard InChI is InChI=1S/C13H18N4.C12H15N3/c1-16-4-6-17(7-5-16)10-11-8-12-2-3-14-13(12)15-9-11;1-2-6-15(5-1)9-10-7-11-3-4-13-12(11)14-8-10/h2-3,8-9H,4-7,10H2,1H3,(H,14,15);3-4,7-8H,1-2,5-6,9H2,(H,13,14). The second-order valence-corrected chi connectivity index (χ2v) is 9.08. The third-order valence-electron chi connectivity index (χ3n) is 6.52. The van der Waals surface area contributed by atoms with E-state index < -0.39 is 0 Å². The van der Waals surface area contributed by atoms with Crippen LogP contribution in [0.15, 0.2) is 49.1 Å². The molecule has 0 aliphatic carbocycles. The highest BCUT2D eigenvalue weighted by molar-refractivity contribution is 5.76. The van der Waals surface area contributed by atoms with Gasteiger partial charge in [-0.15, -0.1) is 0 Å². The minimum absolute atomic E-state index is 0.979. The number of aromatic amines is 2. The maximum atomic E-state index is 4.43. The lowest BCUT2D eigenvalue weighted by Crippen LogP contribution is -2.43. The summed E-state index contributed by atoms with van der Waals surface area (Å²) in [5.41, 5.74) is 4.60. The van der Waals surface area contributed by atoms with E-state index in [0.717, 1.165) is 37.5 Å². The first-order valence-corrected chi connectivity index (χ1v) is 11.7. The van der Waals surface area contributed by atoms with Crippen LogP contribution < -0.4 is 0 Å². The van der Waals surface area contributed by atoms with E-state index in [1.807, 2.05) is 24.8 Å². The van der Waals surface area contributed by atoms with Gasteiger partial charge in [-0.05, 0) is 68.4 Å². The summed E-state index contributed by atoms with van der Waals surface area (Å²) in [5, 5.41) is 2.42. The van der Waals surface area contributed by atoms with Crippen LogP contribution in [0, 0.1) is 0 Å². The van der Waals surface area contributed by atoms with Crippen LogP contribution in [0.1, 0.15) is 24.0 Å². The highest BCUT2D eigenvalue weighted by Gasteiger charge is 2.14. The molecule has 2 saturated heterocycles. The number of fused-ring (bicyclic) bond motifs is 2. The van der Waals surface area contributed by atoms with Crippen LogP contribution in [-0.4, -0.2) is 81.0 Å². The normalized spacial score (nSPS) is 18.3. The highest BCUT2D eigenvalue weighted by Crippen LogP contribution is 2.16. The molecule has 7 heteroatoms. The number of H-pyrrole nitrogens is 2. The quantitative estimate of drug-likeness (QED) is 0.518. The molecule has 0 bridgehead atoms. The van der Waals surface area contributed by atoms with Gasteiger partial charge in [-0.1, -0.05) is 0 Å². The van der Waals surface area contributed by atoms with Gasteiger partial charge in [-0.2, -0.15) is 0 Å². The van der Waals surface area contributed by atoms with Gasteiger partial charge in [0, 0.05) is 74.8 Å². The molecule has 4 aromatic rings. The third kappa shape index (κ3) is 5.18. The van der Waals surface area contributed by atoms with Crippen molar-refractivity contribution >= 4 is 22.1 Å². The average Bonchev–Trinajstić information content (AvgIpc) is 3.57. The molecule has 0 saturated carbocycles. The van der Waals surface area contributed by atoms with E-state index in [4.69, 9.17) is 0 Å². The SMILES string of the molecule is CN1CCN(Cc2cnc3[nH]ccc3c2)CC1.c1cc2cc(CN3CCCC3)cnc2[nH]1. The van der Waals surface area contributed by atoms with Crippen LogP contribution >= 0.6 is 0 Å². The Bertz CT molecular complexity index is 1130. The van der Waals surface area contributed by atoms with Gasteiger partial charge in [0.2, 0.25) is 0 Å². The number of aromatic nitrogens is 4. The fraction of sp³-hybridized carbons (Fsp3) is 0.440. The van der Waals surface area contributed by atoms with Crippen molar-refractivity contribution in [2.24, 2.45) is 0 Å². The fourth-order valence-electron chi connectivity index (χ4n) is 4.61. The Balaban J connectivity index is 0.000000136. The second kappa shape index (κ2) is 9.81. The van der Waals surface area contributed by atoms with Gasteiger partial charge < -0.3 is 14.9 Å². The summed E-state index contributed by atoms with van der Waals surface area (Å²) in [4.78, 5) is 22.4. The third-order valence-corrected chi connectivity index (χ3v) is 6.52. The van der Waals surface area contributed by atoms with Gasteiger partial charge in [0.15, 0.2) is 0 Å². The molecule has 6 rings (SSSR count). The minimum Gasteiger partial charge on any atom is -0.346 e. The van der Waals surface area contributed by atoms with E-state index in [-0.39, 0.29) is 0 Å². The molecule has 2 fully saturated rings. The van der Waals surface area contributed by atoms with Gasteiger partial charge in [0.25, 0.3) is 0 Å². The van der Waals surface area contributed by atoms with Crippen LogP contribution in [0.4, 0.5) is 0 Å². The summed E-state index contributed by atoms with van der Waals surface area (Å²) in [6.45, 7) is 9.19. The lowest BCUT2D eigenvalue weighted by molar-refractivity contribution is 0.148. The van der Waals surface area contributed by atoms with Crippen molar-refractivity contribution in [3.63, 3.8) is 0 Å². The monoisotopic (exact) mass is 431 g/mol. The fourth-order valence-corrected chi connectivity index (χ4v) is 4.61. The molecule has 0 radical (unpaired) electrons. The molecule has 32 heavy (non-hydrogen) atoms. The van der Waals surface area contributed by atoms with Crippen LogP contribution in [-0.2, 0) is 13.1 Å². The summed E-state index contributed by atoms with van der Waals surface area (Å²) in [5.74, 6) is 0. The first-order valence-electron chi connectivity index (χ1n) is 11.7. The number of nitrogens with zero attached hydrogens (tertiary/aromatic N) is 5. The molecule has 0 aromatic carbocycles. The van der Waals surface area contributed by atoms with E-state index in [0.29, 0.717) is 0 Å². The molecular formula is C25H33N7. The van der Waals surface area contributed by atoms with Crippen molar-refractivity contribution in [2.75, 3.05) is 46.3 Å². The number of hydrogen-bond donors (Lipinski definition) is 2. The molecule has 0 atom stereocenters. The first kappa shape index (κ1) is 21.1. The lowest BCUT2D eigenvalue weighted by Gasteiger charge is -2.32. The Labute approximate surface area is 189 Å². The zero-order chi connectivity index (χ0) is 21.8. The zero-order valence-electron chi connectivity index (χ0n) is 18.9. The molecule has 2 N–H and O–H groups in total. The van der Waals surface area contributed by atoms with Crippen LogP contribution in [0.5, 0.6) is 0 Å². The van der Waals surface area contributed by atoms with E-state index in [1.54, 1.807) is 0 Å². The smallest absolute Gasteiger partial charge is 0.137 e. The number of nitrogens with one attached hydrogen (secondary N) is 2. The summed E-state index contributed by atoms with van der Waals surface area (Å²) < 4.78 is 0. The summed E-state index contributed by atoms with van der Waals surface area (Å²) in [6, 6.07) is 8.62. The number of likely N-dealkylation sites (N-methyl/N-ethyl adjacent to an activating group) is 1. The molecule has 168 valence electrons. The van der Waals surface area contributed by atoms with E-state index in [2.05, 4.69) is 65.9 Å². The van der Waals surface area contributed by atoms with Gasteiger partial charge in [0.05, 0.1) is 0 Å². The van der Waals surface area contributed by atoms with E-state index in [1.165, 1.54) is 60.9 Å². The number of pyridine rings is 2.